The van der Waals surface area contributed by atoms with Crippen molar-refractivity contribution >= 4 is 6.03 Å². The van der Waals surface area contributed by atoms with Crippen molar-refractivity contribution in [2.45, 2.75) is 65.3 Å². The molecule has 0 radical (unpaired) electrons. The lowest BCUT2D eigenvalue weighted by atomic mass is 9.77. The monoisotopic (exact) mass is 338 g/mol. The van der Waals surface area contributed by atoms with E-state index in [2.05, 4.69) is 22.4 Å². The van der Waals surface area contributed by atoms with Gasteiger partial charge in [-0.2, -0.15) is 4.98 Å². The number of amides is 2. The highest BCUT2D eigenvalue weighted by Gasteiger charge is 2.34. The molecule has 0 aliphatic carbocycles. The second-order valence-electron chi connectivity index (χ2n) is 7.88. The Labute approximate surface area is 143 Å². The zero-order chi connectivity index (χ0) is 18.0. The SMILES string of the molecule is CCC1(CO)CCN(C(=O)NC(C)c2nc(C(C)(C)C)no2)CC1. The molecule has 1 atom stereocenters. The number of piperidine rings is 1. The van der Waals surface area contributed by atoms with E-state index >= 15 is 0 Å². The Morgan fingerprint density at radius 2 is 2.04 bits per heavy atom. The first-order valence-electron chi connectivity index (χ1n) is 8.71. The van der Waals surface area contributed by atoms with Crippen molar-refractivity contribution < 1.29 is 14.4 Å². The fraction of sp³-hybridized carbons (Fsp3) is 0.824. The Morgan fingerprint density at radius 1 is 1.42 bits per heavy atom. The molecule has 24 heavy (non-hydrogen) atoms. The Hall–Kier alpha value is -1.63. The molecule has 1 fully saturated rings. The summed E-state index contributed by atoms with van der Waals surface area (Å²) in [6, 6.07) is -0.461. The third kappa shape index (κ3) is 4.06. The van der Waals surface area contributed by atoms with Crippen LogP contribution >= 0.6 is 0 Å². The Balaban J connectivity index is 1.92. The van der Waals surface area contributed by atoms with Gasteiger partial charge in [0.25, 0.3) is 0 Å². The number of aliphatic hydroxyl groups is 1. The number of carbonyl (C=O) groups excluding carboxylic acids is 1. The summed E-state index contributed by atoms with van der Waals surface area (Å²) >= 11 is 0. The number of rotatable bonds is 4. The maximum absolute atomic E-state index is 12.4. The number of hydrogen-bond donors (Lipinski definition) is 2. The van der Waals surface area contributed by atoms with Crippen LogP contribution < -0.4 is 5.32 Å². The van der Waals surface area contributed by atoms with Gasteiger partial charge in [-0.05, 0) is 31.6 Å². The van der Waals surface area contributed by atoms with Crippen molar-refractivity contribution in [3.63, 3.8) is 0 Å². The van der Waals surface area contributed by atoms with Crippen LogP contribution in [0, 0.1) is 5.41 Å². The number of nitrogens with one attached hydrogen (secondary N) is 1. The number of carbonyl (C=O) groups is 1. The highest BCUT2D eigenvalue weighted by molar-refractivity contribution is 5.74. The normalized spacial score (nSPS) is 19.2. The lowest BCUT2D eigenvalue weighted by Gasteiger charge is -2.40. The molecule has 1 aliphatic heterocycles. The van der Waals surface area contributed by atoms with E-state index in [9.17, 15) is 9.90 Å². The van der Waals surface area contributed by atoms with Gasteiger partial charge in [-0.3, -0.25) is 0 Å². The van der Waals surface area contributed by atoms with Crippen LogP contribution in [0.1, 0.15) is 71.6 Å². The minimum atomic E-state index is -0.336. The highest BCUT2D eigenvalue weighted by atomic mass is 16.5. The second kappa shape index (κ2) is 7.09. The van der Waals surface area contributed by atoms with Gasteiger partial charge in [-0.15, -0.1) is 0 Å². The standard InChI is InChI=1S/C17H30N4O3/c1-6-17(11-22)7-9-21(10-8-17)15(23)18-12(2)13-19-14(20-24-13)16(3,4)5/h12,22H,6-11H2,1-5H3,(H,18,23). The van der Waals surface area contributed by atoms with Gasteiger partial charge in [0.15, 0.2) is 5.82 Å². The highest BCUT2D eigenvalue weighted by Crippen LogP contribution is 2.34. The van der Waals surface area contributed by atoms with Gasteiger partial charge < -0.3 is 19.8 Å². The van der Waals surface area contributed by atoms with E-state index in [0.717, 1.165) is 19.3 Å². The van der Waals surface area contributed by atoms with Crippen LogP contribution in [-0.2, 0) is 5.41 Å². The lowest BCUT2D eigenvalue weighted by molar-refractivity contribution is 0.0514. The van der Waals surface area contributed by atoms with E-state index in [4.69, 9.17) is 4.52 Å². The molecule has 0 bridgehead atoms. The van der Waals surface area contributed by atoms with Crippen molar-refractivity contribution in [1.29, 1.82) is 0 Å². The summed E-state index contributed by atoms with van der Waals surface area (Å²) in [5, 5.41) is 16.5. The molecule has 1 aromatic rings. The second-order valence-corrected chi connectivity index (χ2v) is 7.88. The topological polar surface area (TPSA) is 91.5 Å². The van der Waals surface area contributed by atoms with Gasteiger partial charge in [0.2, 0.25) is 5.89 Å². The average Bonchev–Trinajstić information content (AvgIpc) is 3.05. The summed E-state index contributed by atoms with van der Waals surface area (Å²) in [7, 11) is 0. The van der Waals surface area contributed by atoms with Crippen LogP contribution in [0.4, 0.5) is 4.79 Å². The van der Waals surface area contributed by atoms with Crippen LogP contribution in [0.5, 0.6) is 0 Å². The third-order valence-corrected chi connectivity index (χ3v) is 5.02. The molecule has 7 nitrogen and oxygen atoms in total. The van der Waals surface area contributed by atoms with Crippen LogP contribution in [0.3, 0.4) is 0 Å². The summed E-state index contributed by atoms with van der Waals surface area (Å²) in [6.45, 7) is 11.5. The molecule has 1 aromatic heterocycles. The van der Waals surface area contributed by atoms with Gasteiger partial charge in [0.1, 0.15) is 6.04 Å². The van der Waals surface area contributed by atoms with E-state index in [1.54, 1.807) is 4.90 Å². The molecule has 2 heterocycles. The maximum atomic E-state index is 12.4. The summed E-state index contributed by atoms with van der Waals surface area (Å²) in [4.78, 5) is 18.6. The molecule has 2 N–H and O–H groups in total. The Morgan fingerprint density at radius 3 is 2.50 bits per heavy atom. The van der Waals surface area contributed by atoms with Crippen LogP contribution in [-0.4, -0.2) is 45.9 Å². The molecular formula is C17H30N4O3. The van der Waals surface area contributed by atoms with Crippen LogP contribution in [0.25, 0.3) is 0 Å². The van der Waals surface area contributed by atoms with Crippen molar-refractivity contribution in [2.75, 3.05) is 19.7 Å². The van der Waals surface area contributed by atoms with Crippen molar-refractivity contribution in [2.24, 2.45) is 5.41 Å². The average molecular weight is 338 g/mol. The maximum Gasteiger partial charge on any atom is 0.318 e. The van der Waals surface area contributed by atoms with E-state index in [0.29, 0.717) is 24.8 Å². The van der Waals surface area contributed by atoms with E-state index in [1.807, 2.05) is 27.7 Å². The fourth-order valence-electron chi connectivity index (χ4n) is 2.86. The summed E-state index contributed by atoms with van der Waals surface area (Å²) in [5.41, 5.74) is -0.220. The molecule has 2 rings (SSSR count). The van der Waals surface area contributed by atoms with Gasteiger partial charge in [-0.1, -0.05) is 32.9 Å². The molecule has 1 aliphatic rings. The van der Waals surface area contributed by atoms with E-state index in [-0.39, 0.29) is 29.5 Å². The Kier molecular flexibility index (Phi) is 5.52. The van der Waals surface area contributed by atoms with E-state index < -0.39 is 0 Å². The summed E-state index contributed by atoms with van der Waals surface area (Å²) in [6.07, 6.45) is 2.60. The quantitative estimate of drug-likeness (QED) is 0.880. The molecular weight excluding hydrogens is 308 g/mol. The molecule has 1 unspecified atom stereocenters. The Bertz CT molecular complexity index is 550. The zero-order valence-corrected chi connectivity index (χ0v) is 15.4. The predicted molar refractivity (Wildman–Crippen MR) is 90.6 cm³/mol. The molecule has 1 saturated heterocycles. The summed E-state index contributed by atoms with van der Waals surface area (Å²) in [5.74, 6) is 1.05. The van der Waals surface area contributed by atoms with Gasteiger partial charge in [-0.25, -0.2) is 4.79 Å². The number of nitrogens with zero attached hydrogens (tertiary/aromatic N) is 3. The predicted octanol–water partition coefficient (Wildman–Crippen LogP) is 2.62. The fourth-order valence-corrected chi connectivity index (χ4v) is 2.86. The minimum absolute atomic E-state index is 0.0313. The third-order valence-electron chi connectivity index (χ3n) is 5.02. The largest absolute Gasteiger partial charge is 0.396 e. The van der Waals surface area contributed by atoms with Crippen molar-refractivity contribution in [3.05, 3.63) is 11.7 Å². The zero-order valence-electron chi connectivity index (χ0n) is 15.4. The van der Waals surface area contributed by atoms with Gasteiger partial charge in [0.05, 0.1) is 0 Å². The number of urea groups is 1. The first-order valence-corrected chi connectivity index (χ1v) is 8.71. The van der Waals surface area contributed by atoms with Crippen LogP contribution in [0.2, 0.25) is 0 Å². The number of hydrogen-bond acceptors (Lipinski definition) is 5. The molecule has 0 aromatic carbocycles. The summed E-state index contributed by atoms with van der Waals surface area (Å²) < 4.78 is 5.28. The van der Waals surface area contributed by atoms with Crippen LogP contribution in [0.15, 0.2) is 4.52 Å². The smallest absolute Gasteiger partial charge is 0.318 e. The first-order chi connectivity index (χ1) is 11.2. The minimum Gasteiger partial charge on any atom is -0.396 e. The number of aromatic nitrogens is 2. The van der Waals surface area contributed by atoms with Crippen molar-refractivity contribution in [3.8, 4) is 0 Å². The lowest BCUT2D eigenvalue weighted by Crippen LogP contribution is -2.48. The molecule has 136 valence electrons. The molecule has 0 spiro atoms. The first kappa shape index (κ1) is 18.7. The van der Waals surface area contributed by atoms with Crippen molar-refractivity contribution in [1.82, 2.24) is 20.4 Å². The molecule has 2 amide bonds. The van der Waals surface area contributed by atoms with Gasteiger partial charge >= 0.3 is 6.03 Å². The molecule has 7 heteroatoms. The molecule has 0 saturated carbocycles. The van der Waals surface area contributed by atoms with E-state index in [1.165, 1.54) is 0 Å². The van der Waals surface area contributed by atoms with Gasteiger partial charge in [0, 0.05) is 25.1 Å². The number of aliphatic hydroxyl groups excluding tert-OH is 1. The number of likely N-dealkylation sites (tertiary alicyclic amines) is 1.